The van der Waals surface area contributed by atoms with E-state index in [1.165, 1.54) is 16.9 Å². The van der Waals surface area contributed by atoms with Crippen molar-refractivity contribution in [2.45, 2.75) is 26.2 Å². The zero-order valence-corrected chi connectivity index (χ0v) is 15.8. The maximum absolute atomic E-state index is 12.1. The van der Waals surface area contributed by atoms with E-state index in [1.54, 1.807) is 0 Å². The lowest BCUT2D eigenvalue weighted by Crippen LogP contribution is -2.24. The van der Waals surface area contributed by atoms with Crippen LogP contribution >= 0.6 is 11.3 Å². The molecule has 0 aliphatic rings. The number of fused-ring (bicyclic) bond motifs is 1. The third kappa shape index (κ3) is 4.99. The second-order valence-corrected chi connectivity index (χ2v) is 7.42. The number of Topliss-reactive ketones (excluding diaryl/α,β-unsaturated/α-hetero) is 1. The number of nitrogens with zero attached hydrogens (tertiary/aromatic N) is 2. The molecule has 1 N–H and O–H groups in total. The van der Waals surface area contributed by atoms with E-state index in [0.717, 1.165) is 26.4 Å². The van der Waals surface area contributed by atoms with Gasteiger partial charge in [0.1, 0.15) is 17.3 Å². The number of hydrogen-bond acceptors (Lipinski definition) is 5. The molecule has 0 aliphatic heterocycles. The number of rotatable bonds is 7. The normalized spacial score (nSPS) is 10.5. The molecule has 6 heteroatoms. The Hall–Kier alpha value is -3.04. The molecular formula is C21H19N3O2S. The van der Waals surface area contributed by atoms with E-state index in [0.29, 0.717) is 0 Å². The van der Waals surface area contributed by atoms with Crippen LogP contribution in [-0.2, 0) is 16.0 Å². The average molecular weight is 377 g/mol. The minimum atomic E-state index is -0.281. The summed E-state index contributed by atoms with van der Waals surface area (Å²) >= 11 is 1.50. The lowest BCUT2D eigenvalue weighted by Gasteiger charge is -2.02. The highest BCUT2D eigenvalue weighted by molar-refractivity contribution is 7.18. The molecule has 1 heterocycles. The van der Waals surface area contributed by atoms with Crippen molar-refractivity contribution >= 4 is 33.2 Å². The molecule has 0 saturated heterocycles. The Morgan fingerprint density at radius 2 is 1.85 bits per heavy atom. The summed E-state index contributed by atoms with van der Waals surface area (Å²) in [5.41, 5.74) is 4.33. The molecule has 1 amide bonds. The molecule has 0 aliphatic carbocycles. The molecular weight excluding hydrogens is 358 g/mol. The largest absolute Gasteiger partial charge is 0.343 e. The Balaban J connectivity index is 1.66. The number of carbonyl (C=O) groups is 2. The number of aryl methyl sites for hydroxylation is 1. The van der Waals surface area contributed by atoms with Crippen LogP contribution in [0.2, 0.25) is 0 Å². The molecule has 3 rings (SSSR count). The monoisotopic (exact) mass is 377 g/mol. The standard InChI is InChI=1S/C21H19N3O2S/c1-14-2-4-15(5-3-14)16-6-8-19-18(12-16)24-21(27-19)13-17(25)7-9-20(26)23-11-10-22/h2-6,8,12H,7,9,11,13H2,1H3,(H,23,26). The van der Waals surface area contributed by atoms with Crippen molar-refractivity contribution in [1.29, 1.82) is 5.26 Å². The predicted molar refractivity (Wildman–Crippen MR) is 106 cm³/mol. The summed E-state index contributed by atoms with van der Waals surface area (Å²) in [6, 6.07) is 16.3. The van der Waals surface area contributed by atoms with Crippen molar-refractivity contribution in [3.8, 4) is 17.2 Å². The number of ketones is 1. The second kappa shape index (κ2) is 8.56. The third-order valence-corrected chi connectivity index (χ3v) is 5.20. The van der Waals surface area contributed by atoms with Crippen LogP contribution in [0.15, 0.2) is 42.5 Å². The van der Waals surface area contributed by atoms with E-state index in [2.05, 4.69) is 47.6 Å². The van der Waals surface area contributed by atoms with Crippen molar-refractivity contribution in [2.75, 3.05) is 6.54 Å². The first-order chi connectivity index (χ1) is 13.0. The van der Waals surface area contributed by atoms with Gasteiger partial charge in [0.05, 0.1) is 22.7 Å². The van der Waals surface area contributed by atoms with Crippen LogP contribution in [0.1, 0.15) is 23.4 Å². The minimum absolute atomic E-state index is 0.0279. The zero-order valence-electron chi connectivity index (χ0n) is 15.0. The lowest BCUT2D eigenvalue weighted by molar-refractivity contribution is -0.125. The fourth-order valence-corrected chi connectivity index (χ4v) is 3.69. The number of aromatic nitrogens is 1. The molecule has 136 valence electrons. The maximum atomic E-state index is 12.1. The van der Waals surface area contributed by atoms with Gasteiger partial charge < -0.3 is 5.32 Å². The number of thiazole rings is 1. The first-order valence-electron chi connectivity index (χ1n) is 8.67. The van der Waals surface area contributed by atoms with Crippen LogP contribution in [-0.4, -0.2) is 23.2 Å². The highest BCUT2D eigenvalue weighted by Crippen LogP contribution is 2.28. The van der Waals surface area contributed by atoms with E-state index in [9.17, 15) is 9.59 Å². The van der Waals surface area contributed by atoms with Crippen molar-refractivity contribution in [2.24, 2.45) is 0 Å². The summed E-state index contributed by atoms with van der Waals surface area (Å²) in [4.78, 5) is 28.2. The first-order valence-corrected chi connectivity index (χ1v) is 9.48. The molecule has 0 fully saturated rings. The maximum Gasteiger partial charge on any atom is 0.221 e. The van der Waals surface area contributed by atoms with E-state index in [1.807, 2.05) is 18.2 Å². The molecule has 1 aromatic heterocycles. The van der Waals surface area contributed by atoms with E-state index in [-0.39, 0.29) is 37.5 Å². The van der Waals surface area contributed by atoms with Crippen molar-refractivity contribution < 1.29 is 9.59 Å². The highest BCUT2D eigenvalue weighted by Gasteiger charge is 2.12. The quantitative estimate of drug-likeness (QED) is 0.635. The van der Waals surface area contributed by atoms with Crippen LogP contribution in [0, 0.1) is 18.3 Å². The van der Waals surface area contributed by atoms with Gasteiger partial charge in [-0.2, -0.15) is 5.26 Å². The van der Waals surface area contributed by atoms with Crippen LogP contribution in [0.3, 0.4) is 0 Å². The van der Waals surface area contributed by atoms with Gasteiger partial charge in [-0.25, -0.2) is 4.98 Å². The van der Waals surface area contributed by atoms with E-state index >= 15 is 0 Å². The molecule has 0 saturated carbocycles. The predicted octanol–water partition coefficient (Wildman–Crippen LogP) is 3.80. The number of carbonyl (C=O) groups excluding carboxylic acids is 2. The smallest absolute Gasteiger partial charge is 0.221 e. The average Bonchev–Trinajstić information content (AvgIpc) is 3.06. The first kappa shape index (κ1) is 18.7. The topological polar surface area (TPSA) is 82.9 Å². The molecule has 0 bridgehead atoms. The SMILES string of the molecule is Cc1ccc(-c2ccc3sc(CC(=O)CCC(=O)NCC#N)nc3c2)cc1. The van der Waals surface area contributed by atoms with Gasteiger partial charge in [0.2, 0.25) is 5.91 Å². The zero-order chi connectivity index (χ0) is 19.2. The fourth-order valence-electron chi connectivity index (χ4n) is 2.71. The van der Waals surface area contributed by atoms with Gasteiger partial charge in [-0.15, -0.1) is 11.3 Å². The number of amides is 1. The van der Waals surface area contributed by atoms with Crippen LogP contribution in [0.5, 0.6) is 0 Å². The summed E-state index contributed by atoms with van der Waals surface area (Å²) < 4.78 is 1.04. The van der Waals surface area contributed by atoms with Gasteiger partial charge in [0.25, 0.3) is 0 Å². The Kier molecular flexibility index (Phi) is 5.94. The molecule has 0 radical (unpaired) electrons. The van der Waals surface area contributed by atoms with Crippen molar-refractivity contribution in [3.05, 3.63) is 53.0 Å². The summed E-state index contributed by atoms with van der Waals surface area (Å²) in [7, 11) is 0. The Labute approximate surface area is 161 Å². The summed E-state index contributed by atoms with van der Waals surface area (Å²) in [5, 5.41) is 11.6. The number of nitriles is 1. The Morgan fingerprint density at radius 3 is 2.59 bits per heavy atom. The van der Waals surface area contributed by atoms with Gasteiger partial charge in [-0.05, 0) is 30.2 Å². The molecule has 2 aromatic carbocycles. The molecule has 0 unspecified atom stereocenters. The fraction of sp³-hybridized carbons (Fsp3) is 0.238. The molecule has 3 aromatic rings. The molecule has 27 heavy (non-hydrogen) atoms. The summed E-state index contributed by atoms with van der Waals surface area (Å²) in [5.74, 6) is -0.308. The van der Waals surface area contributed by atoms with Gasteiger partial charge in [-0.1, -0.05) is 35.9 Å². The van der Waals surface area contributed by atoms with Crippen molar-refractivity contribution in [3.63, 3.8) is 0 Å². The van der Waals surface area contributed by atoms with Crippen molar-refractivity contribution in [1.82, 2.24) is 10.3 Å². The summed E-state index contributed by atoms with van der Waals surface area (Å²) in [6.07, 6.45) is 0.482. The summed E-state index contributed by atoms with van der Waals surface area (Å²) in [6.45, 7) is 2.03. The van der Waals surface area contributed by atoms with E-state index in [4.69, 9.17) is 5.26 Å². The van der Waals surface area contributed by atoms with Crippen LogP contribution in [0.25, 0.3) is 21.3 Å². The van der Waals surface area contributed by atoms with E-state index < -0.39 is 0 Å². The van der Waals surface area contributed by atoms with Crippen LogP contribution < -0.4 is 5.32 Å². The number of hydrogen-bond donors (Lipinski definition) is 1. The third-order valence-electron chi connectivity index (χ3n) is 4.16. The number of nitrogens with one attached hydrogen (secondary N) is 1. The van der Waals surface area contributed by atoms with Gasteiger partial charge in [0, 0.05) is 12.8 Å². The Morgan fingerprint density at radius 1 is 1.11 bits per heavy atom. The molecule has 0 spiro atoms. The molecule has 5 nitrogen and oxygen atoms in total. The number of benzene rings is 2. The highest BCUT2D eigenvalue weighted by atomic mass is 32.1. The van der Waals surface area contributed by atoms with Gasteiger partial charge in [0.15, 0.2) is 0 Å². The minimum Gasteiger partial charge on any atom is -0.343 e. The lowest BCUT2D eigenvalue weighted by atomic mass is 10.0. The molecule has 0 atom stereocenters. The van der Waals surface area contributed by atoms with Gasteiger partial charge in [-0.3, -0.25) is 9.59 Å². The van der Waals surface area contributed by atoms with Crippen LogP contribution in [0.4, 0.5) is 0 Å². The second-order valence-electron chi connectivity index (χ2n) is 6.31. The Bertz CT molecular complexity index is 1020. The van der Waals surface area contributed by atoms with Gasteiger partial charge >= 0.3 is 0 Å².